The van der Waals surface area contributed by atoms with E-state index in [1.54, 1.807) is 42.5 Å². The number of halogens is 1. The van der Waals surface area contributed by atoms with Gasteiger partial charge in [-0.2, -0.15) is 9.78 Å². The monoisotopic (exact) mass is 365 g/mol. The summed E-state index contributed by atoms with van der Waals surface area (Å²) in [5.41, 5.74) is 0.276. The van der Waals surface area contributed by atoms with Crippen molar-refractivity contribution in [2.75, 3.05) is 6.54 Å². The first-order valence-corrected chi connectivity index (χ1v) is 8.57. The molecule has 0 bridgehead atoms. The van der Waals surface area contributed by atoms with Gasteiger partial charge < -0.3 is 5.32 Å². The van der Waals surface area contributed by atoms with Gasteiger partial charge in [0, 0.05) is 18.0 Å². The zero-order valence-corrected chi connectivity index (χ0v) is 15.1. The van der Waals surface area contributed by atoms with Gasteiger partial charge in [0.15, 0.2) is 0 Å². The van der Waals surface area contributed by atoms with Crippen molar-refractivity contribution in [1.29, 1.82) is 0 Å². The van der Waals surface area contributed by atoms with E-state index in [-0.39, 0.29) is 23.6 Å². The molecule has 6 heteroatoms. The molecule has 2 aromatic carbocycles. The number of nitrogens with one attached hydrogen (secondary N) is 1. The molecule has 3 aromatic rings. The Morgan fingerprint density at radius 3 is 2.41 bits per heavy atom. The van der Waals surface area contributed by atoms with Gasteiger partial charge in [0.05, 0.1) is 5.69 Å². The molecule has 0 aliphatic heterocycles. The van der Waals surface area contributed by atoms with Gasteiger partial charge in [-0.1, -0.05) is 50.2 Å². The topological polar surface area (TPSA) is 64.0 Å². The first kappa shape index (κ1) is 18.5. The van der Waals surface area contributed by atoms with Crippen LogP contribution in [0.25, 0.3) is 5.69 Å². The number of aromatic nitrogens is 2. The standard InChI is InChI=1S/C21H20FN3O2/c1-21(2,16-10-6-7-11-17(16)22)14-23-20(27)18-12-13-19(26)25(24-18)15-8-4-3-5-9-15/h3-13H,14H2,1-2H3,(H,23,27). The number of hydrogen-bond donors (Lipinski definition) is 1. The Morgan fingerprint density at radius 1 is 1.04 bits per heavy atom. The third kappa shape index (κ3) is 4.11. The van der Waals surface area contributed by atoms with E-state index >= 15 is 0 Å². The lowest BCUT2D eigenvalue weighted by Gasteiger charge is -2.26. The summed E-state index contributed by atoms with van der Waals surface area (Å²) >= 11 is 0. The number of carbonyl (C=O) groups excluding carboxylic acids is 1. The molecule has 138 valence electrons. The van der Waals surface area contributed by atoms with E-state index in [2.05, 4.69) is 10.4 Å². The molecule has 0 atom stereocenters. The molecule has 1 amide bonds. The fourth-order valence-electron chi connectivity index (χ4n) is 2.78. The maximum atomic E-state index is 14.1. The average Bonchev–Trinajstić information content (AvgIpc) is 2.67. The molecule has 5 nitrogen and oxygen atoms in total. The van der Waals surface area contributed by atoms with Crippen molar-refractivity contribution >= 4 is 5.91 Å². The molecule has 0 aliphatic rings. The average molecular weight is 365 g/mol. The van der Waals surface area contributed by atoms with Gasteiger partial charge in [-0.25, -0.2) is 4.39 Å². The second-order valence-corrected chi connectivity index (χ2v) is 6.85. The van der Waals surface area contributed by atoms with Gasteiger partial charge in [0.25, 0.3) is 11.5 Å². The van der Waals surface area contributed by atoms with E-state index in [0.717, 1.165) is 0 Å². The van der Waals surface area contributed by atoms with Crippen LogP contribution in [0.3, 0.4) is 0 Å². The highest BCUT2D eigenvalue weighted by Crippen LogP contribution is 2.24. The molecule has 0 spiro atoms. The lowest BCUT2D eigenvalue weighted by molar-refractivity contribution is 0.0938. The Hall–Kier alpha value is -3.28. The van der Waals surface area contributed by atoms with Crippen LogP contribution < -0.4 is 10.9 Å². The van der Waals surface area contributed by atoms with Crippen molar-refractivity contribution in [1.82, 2.24) is 15.1 Å². The highest BCUT2D eigenvalue weighted by atomic mass is 19.1. The van der Waals surface area contributed by atoms with Crippen molar-refractivity contribution in [3.8, 4) is 5.69 Å². The molecule has 3 rings (SSSR count). The lowest BCUT2D eigenvalue weighted by Crippen LogP contribution is -2.38. The van der Waals surface area contributed by atoms with Crippen molar-refractivity contribution < 1.29 is 9.18 Å². The summed E-state index contributed by atoms with van der Waals surface area (Å²) in [6, 6.07) is 18.0. The summed E-state index contributed by atoms with van der Waals surface area (Å²) in [5, 5.41) is 6.93. The van der Waals surface area contributed by atoms with Crippen LogP contribution in [0.1, 0.15) is 29.9 Å². The first-order valence-electron chi connectivity index (χ1n) is 8.57. The fraction of sp³-hybridized carbons (Fsp3) is 0.190. The first-order chi connectivity index (χ1) is 12.9. The van der Waals surface area contributed by atoms with E-state index in [9.17, 15) is 14.0 Å². The number of para-hydroxylation sites is 1. The van der Waals surface area contributed by atoms with Gasteiger partial charge in [0.2, 0.25) is 0 Å². The van der Waals surface area contributed by atoms with Crippen molar-refractivity contribution in [3.05, 3.63) is 94.2 Å². The number of benzene rings is 2. The summed E-state index contributed by atoms with van der Waals surface area (Å²) in [6.07, 6.45) is 0. The zero-order chi connectivity index (χ0) is 19.4. The van der Waals surface area contributed by atoms with Crippen molar-refractivity contribution in [2.24, 2.45) is 0 Å². The molecule has 1 heterocycles. The Balaban J connectivity index is 1.79. The summed E-state index contributed by atoms with van der Waals surface area (Å²) < 4.78 is 15.2. The lowest BCUT2D eigenvalue weighted by atomic mass is 9.84. The van der Waals surface area contributed by atoms with E-state index in [1.807, 2.05) is 19.9 Å². The Kier molecular flexibility index (Phi) is 5.16. The second-order valence-electron chi connectivity index (χ2n) is 6.85. The van der Waals surface area contributed by atoms with Gasteiger partial charge in [0.1, 0.15) is 11.5 Å². The number of nitrogens with zero attached hydrogens (tertiary/aromatic N) is 2. The quantitative estimate of drug-likeness (QED) is 0.756. The van der Waals surface area contributed by atoms with Crippen LogP contribution in [0.2, 0.25) is 0 Å². The van der Waals surface area contributed by atoms with Crippen LogP contribution in [-0.4, -0.2) is 22.2 Å². The highest BCUT2D eigenvalue weighted by molar-refractivity contribution is 5.92. The molecule has 0 saturated carbocycles. The summed E-state index contributed by atoms with van der Waals surface area (Å²) in [5.74, 6) is -0.739. The number of rotatable bonds is 5. The van der Waals surface area contributed by atoms with E-state index in [4.69, 9.17) is 0 Å². The van der Waals surface area contributed by atoms with Gasteiger partial charge in [-0.3, -0.25) is 9.59 Å². The van der Waals surface area contributed by atoms with Crippen molar-refractivity contribution in [3.63, 3.8) is 0 Å². The Labute approximate surface area is 156 Å². The fourth-order valence-corrected chi connectivity index (χ4v) is 2.78. The van der Waals surface area contributed by atoms with E-state index in [0.29, 0.717) is 11.3 Å². The van der Waals surface area contributed by atoms with Crippen LogP contribution in [0.15, 0.2) is 71.5 Å². The molecule has 0 radical (unpaired) electrons. The third-order valence-corrected chi connectivity index (χ3v) is 4.33. The number of amides is 1. The van der Waals surface area contributed by atoms with E-state index < -0.39 is 11.3 Å². The minimum Gasteiger partial charge on any atom is -0.350 e. The van der Waals surface area contributed by atoms with Crippen LogP contribution in [0, 0.1) is 5.82 Å². The molecule has 1 N–H and O–H groups in total. The summed E-state index contributed by atoms with van der Waals surface area (Å²) in [4.78, 5) is 24.6. The van der Waals surface area contributed by atoms with E-state index in [1.165, 1.54) is 22.9 Å². The van der Waals surface area contributed by atoms with Gasteiger partial charge in [-0.15, -0.1) is 0 Å². The smallest absolute Gasteiger partial charge is 0.271 e. The molecule has 1 aromatic heterocycles. The number of hydrogen-bond acceptors (Lipinski definition) is 3. The van der Waals surface area contributed by atoms with Crippen LogP contribution in [0.4, 0.5) is 4.39 Å². The van der Waals surface area contributed by atoms with Gasteiger partial charge >= 0.3 is 0 Å². The second kappa shape index (κ2) is 7.53. The predicted octanol–water partition coefficient (Wildman–Crippen LogP) is 3.08. The maximum absolute atomic E-state index is 14.1. The molecule has 0 unspecified atom stereocenters. The molecular weight excluding hydrogens is 345 g/mol. The summed E-state index contributed by atoms with van der Waals surface area (Å²) in [6.45, 7) is 3.92. The molecule has 0 saturated heterocycles. The number of carbonyl (C=O) groups is 1. The largest absolute Gasteiger partial charge is 0.350 e. The minimum absolute atomic E-state index is 0.114. The normalized spacial score (nSPS) is 11.2. The molecule has 0 fully saturated rings. The molecule has 0 aliphatic carbocycles. The predicted molar refractivity (Wildman–Crippen MR) is 102 cm³/mol. The Bertz CT molecular complexity index is 1010. The Morgan fingerprint density at radius 2 is 1.70 bits per heavy atom. The SMILES string of the molecule is CC(C)(CNC(=O)c1ccc(=O)n(-c2ccccc2)n1)c1ccccc1F. The maximum Gasteiger partial charge on any atom is 0.271 e. The third-order valence-electron chi connectivity index (χ3n) is 4.33. The molecule has 27 heavy (non-hydrogen) atoms. The zero-order valence-electron chi connectivity index (χ0n) is 15.1. The summed E-state index contributed by atoms with van der Waals surface area (Å²) in [7, 11) is 0. The van der Waals surface area contributed by atoms with Gasteiger partial charge in [-0.05, 0) is 29.8 Å². The van der Waals surface area contributed by atoms with Crippen LogP contribution in [-0.2, 0) is 5.41 Å². The van der Waals surface area contributed by atoms with Crippen molar-refractivity contribution in [2.45, 2.75) is 19.3 Å². The highest BCUT2D eigenvalue weighted by Gasteiger charge is 2.25. The molecular formula is C21H20FN3O2. The van der Waals surface area contributed by atoms with Crippen LogP contribution >= 0.6 is 0 Å². The van der Waals surface area contributed by atoms with Crippen LogP contribution in [0.5, 0.6) is 0 Å². The minimum atomic E-state index is -0.602.